The summed E-state index contributed by atoms with van der Waals surface area (Å²) in [6.45, 7) is 3.54. The Labute approximate surface area is 85.0 Å². The highest BCUT2D eigenvalue weighted by Gasteiger charge is 2.10. The molecule has 0 aliphatic rings. The number of rotatable bonds is 2. The molecule has 1 aromatic carbocycles. The third-order valence-electron chi connectivity index (χ3n) is 1.49. The van der Waals surface area contributed by atoms with Crippen molar-refractivity contribution in [1.29, 1.82) is 0 Å². The van der Waals surface area contributed by atoms with Crippen molar-refractivity contribution in [3.05, 3.63) is 34.8 Å². The minimum absolute atomic E-state index is 0.134. The lowest BCUT2D eigenvalue weighted by atomic mass is 10.2. The molecule has 0 aromatic heterocycles. The molecule has 0 radical (unpaired) electrons. The van der Waals surface area contributed by atoms with Gasteiger partial charge in [-0.05, 0) is 17.7 Å². The molecule has 0 aliphatic heterocycles. The minimum Gasteiger partial charge on any atom is -0.282 e. The highest BCUT2D eigenvalue weighted by Crippen LogP contribution is 2.21. The average molecular weight is 263 g/mol. The highest BCUT2D eigenvalue weighted by molar-refractivity contribution is 9.10. The zero-order chi connectivity index (χ0) is 10.1. The van der Waals surface area contributed by atoms with Crippen LogP contribution >= 0.6 is 15.9 Å². The van der Waals surface area contributed by atoms with E-state index < -0.39 is 10.1 Å². The summed E-state index contributed by atoms with van der Waals surface area (Å²) in [4.78, 5) is -0.134. The molecule has 0 amide bonds. The summed E-state index contributed by atoms with van der Waals surface area (Å²) in [6.07, 6.45) is 1.58. The summed E-state index contributed by atoms with van der Waals surface area (Å²) < 4.78 is 30.7. The molecule has 5 heteroatoms. The van der Waals surface area contributed by atoms with Crippen LogP contribution < -0.4 is 0 Å². The van der Waals surface area contributed by atoms with E-state index in [4.69, 9.17) is 4.55 Å². The van der Waals surface area contributed by atoms with Crippen molar-refractivity contribution >= 4 is 32.1 Å². The largest absolute Gasteiger partial charge is 0.294 e. The Morgan fingerprint density at radius 2 is 2.08 bits per heavy atom. The number of hydrogen-bond donors (Lipinski definition) is 1. The SMILES string of the molecule is C=Cc1ccc(S(=O)(=O)O)cc1Br. The standard InChI is InChI=1S/C8H7BrO3S/c1-2-6-3-4-7(5-8(6)9)13(10,11)12/h2-5H,1H2,(H,10,11,12). The molecule has 3 nitrogen and oxygen atoms in total. The lowest BCUT2D eigenvalue weighted by Gasteiger charge is -2.00. The number of hydrogen-bond acceptors (Lipinski definition) is 2. The van der Waals surface area contributed by atoms with Crippen LogP contribution in [0.4, 0.5) is 0 Å². The van der Waals surface area contributed by atoms with E-state index in [-0.39, 0.29) is 4.90 Å². The molecule has 0 aliphatic carbocycles. The summed E-state index contributed by atoms with van der Waals surface area (Å²) in [7, 11) is -4.11. The lowest BCUT2D eigenvalue weighted by Crippen LogP contribution is -1.97. The van der Waals surface area contributed by atoms with E-state index in [2.05, 4.69) is 22.5 Å². The Hall–Kier alpha value is -0.650. The molecule has 0 spiro atoms. The van der Waals surface area contributed by atoms with Crippen LogP contribution in [0, 0.1) is 0 Å². The van der Waals surface area contributed by atoms with Gasteiger partial charge in [-0.15, -0.1) is 0 Å². The van der Waals surface area contributed by atoms with E-state index in [1.165, 1.54) is 12.1 Å². The van der Waals surface area contributed by atoms with E-state index in [0.29, 0.717) is 4.47 Å². The molecule has 70 valence electrons. The molecule has 1 rings (SSSR count). The Morgan fingerprint density at radius 1 is 1.46 bits per heavy atom. The minimum atomic E-state index is -4.11. The smallest absolute Gasteiger partial charge is 0.282 e. The molecule has 0 atom stereocenters. The normalized spacial score (nSPS) is 11.2. The Balaban J connectivity index is 3.34. The summed E-state index contributed by atoms with van der Waals surface area (Å²) in [5, 5.41) is 0. The zero-order valence-corrected chi connectivity index (χ0v) is 8.97. The Kier molecular flexibility index (Phi) is 2.90. The van der Waals surface area contributed by atoms with Gasteiger partial charge in [0.2, 0.25) is 0 Å². The van der Waals surface area contributed by atoms with E-state index >= 15 is 0 Å². The van der Waals surface area contributed by atoms with Crippen molar-refractivity contribution in [2.45, 2.75) is 4.90 Å². The molecule has 13 heavy (non-hydrogen) atoms. The molecule has 0 saturated carbocycles. The first-order valence-corrected chi connectivity index (χ1v) is 5.58. The van der Waals surface area contributed by atoms with Gasteiger partial charge in [-0.25, -0.2) is 0 Å². The van der Waals surface area contributed by atoms with E-state index in [1.807, 2.05) is 0 Å². The van der Waals surface area contributed by atoms with Crippen molar-refractivity contribution in [1.82, 2.24) is 0 Å². The van der Waals surface area contributed by atoms with Crippen molar-refractivity contribution in [2.24, 2.45) is 0 Å². The molecular weight excluding hydrogens is 256 g/mol. The summed E-state index contributed by atoms with van der Waals surface area (Å²) in [6, 6.07) is 4.20. The maximum absolute atomic E-state index is 10.7. The van der Waals surface area contributed by atoms with Crippen LogP contribution in [-0.2, 0) is 10.1 Å². The fourth-order valence-corrected chi connectivity index (χ4v) is 2.03. The topological polar surface area (TPSA) is 54.4 Å². The first-order chi connectivity index (χ1) is 5.95. The fraction of sp³-hybridized carbons (Fsp3) is 0. The quantitative estimate of drug-likeness (QED) is 0.833. The molecule has 0 bridgehead atoms. The van der Waals surface area contributed by atoms with Gasteiger partial charge in [0, 0.05) is 4.47 Å². The van der Waals surface area contributed by atoms with Gasteiger partial charge >= 0.3 is 0 Å². The first-order valence-electron chi connectivity index (χ1n) is 3.34. The van der Waals surface area contributed by atoms with Crippen LogP contribution in [0.25, 0.3) is 6.08 Å². The van der Waals surface area contributed by atoms with Gasteiger partial charge in [-0.3, -0.25) is 4.55 Å². The van der Waals surface area contributed by atoms with Crippen molar-refractivity contribution < 1.29 is 13.0 Å². The van der Waals surface area contributed by atoms with Crippen LogP contribution in [0.1, 0.15) is 5.56 Å². The van der Waals surface area contributed by atoms with Crippen LogP contribution in [0.15, 0.2) is 34.1 Å². The highest BCUT2D eigenvalue weighted by atomic mass is 79.9. The molecule has 1 N–H and O–H groups in total. The van der Waals surface area contributed by atoms with Gasteiger partial charge in [0.15, 0.2) is 0 Å². The van der Waals surface area contributed by atoms with Crippen LogP contribution in [0.3, 0.4) is 0 Å². The monoisotopic (exact) mass is 262 g/mol. The zero-order valence-electron chi connectivity index (χ0n) is 6.57. The third kappa shape index (κ3) is 2.40. The maximum Gasteiger partial charge on any atom is 0.294 e. The molecule has 0 fully saturated rings. The first kappa shape index (κ1) is 10.4. The van der Waals surface area contributed by atoms with Gasteiger partial charge in [0.1, 0.15) is 0 Å². The van der Waals surface area contributed by atoms with E-state index in [0.717, 1.165) is 5.56 Å². The Morgan fingerprint density at radius 3 is 2.46 bits per heavy atom. The summed E-state index contributed by atoms with van der Waals surface area (Å²) in [5.74, 6) is 0. The summed E-state index contributed by atoms with van der Waals surface area (Å²) >= 11 is 3.15. The van der Waals surface area contributed by atoms with Gasteiger partial charge in [0.25, 0.3) is 10.1 Å². The van der Waals surface area contributed by atoms with Crippen LogP contribution in [0.2, 0.25) is 0 Å². The second-order valence-electron chi connectivity index (χ2n) is 2.36. The van der Waals surface area contributed by atoms with Crippen molar-refractivity contribution in [3.8, 4) is 0 Å². The predicted octanol–water partition coefficient (Wildman–Crippen LogP) is 2.34. The third-order valence-corrected chi connectivity index (χ3v) is 3.03. The maximum atomic E-state index is 10.7. The van der Waals surface area contributed by atoms with Gasteiger partial charge in [-0.2, -0.15) is 8.42 Å². The van der Waals surface area contributed by atoms with Gasteiger partial charge in [-0.1, -0.05) is 34.7 Å². The average Bonchev–Trinajstić information content (AvgIpc) is 2.02. The van der Waals surface area contributed by atoms with Gasteiger partial charge in [0.05, 0.1) is 4.90 Å². The van der Waals surface area contributed by atoms with Crippen LogP contribution in [0.5, 0.6) is 0 Å². The van der Waals surface area contributed by atoms with Crippen molar-refractivity contribution in [2.75, 3.05) is 0 Å². The molecule has 0 heterocycles. The van der Waals surface area contributed by atoms with E-state index in [1.54, 1.807) is 12.1 Å². The molecular formula is C8H7BrO3S. The van der Waals surface area contributed by atoms with Gasteiger partial charge < -0.3 is 0 Å². The van der Waals surface area contributed by atoms with Crippen LogP contribution in [-0.4, -0.2) is 13.0 Å². The molecule has 0 saturated heterocycles. The lowest BCUT2D eigenvalue weighted by molar-refractivity contribution is 0.483. The van der Waals surface area contributed by atoms with E-state index in [9.17, 15) is 8.42 Å². The molecule has 0 unspecified atom stereocenters. The number of benzene rings is 1. The molecule has 1 aromatic rings. The second kappa shape index (κ2) is 3.61. The predicted molar refractivity (Wildman–Crippen MR) is 54.0 cm³/mol. The second-order valence-corrected chi connectivity index (χ2v) is 4.64. The number of halogens is 1. The Bertz CT molecular complexity index is 437. The van der Waals surface area contributed by atoms with Crippen molar-refractivity contribution in [3.63, 3.8) is 0 Å². The fourth-order valence-electron chi connectivity index (χ4n) is 0.834. The summed E-state index contributed by atoms with van der Waals surface area (Å²) in [5.41, 5.74) is 0.771.